The summed E-state index contributed by atoms with van der Waals surface area (Å²) in [6, 6.07) is 6.65. The summed E-state index contributed by atoms with van der Waals surface area (Å²) in [6.45, 7) is 1.03. The van der Waals surface area contributed by atoms with E-state index in [4.69, 9.17) is 0 Å². The third-order valence-electron chi connectivity index (χ3n) is 4.67. The van der Waals surface area contributed by atoms with Crippen LogP contribution in [-0.2, 0) is 23.1 Å². The Hall–Kier alpha value is -2.35. The van der Waals surface area contributed by atoms with Crippen molar-refractivity contribution in [2.45, 2.75) is 37.4 Å². The first-order valence-electron chi connectivity index (χ1n) is 7.99. The summed E-state index contributed by atoms with van der Waals surface area (Å²) in [5, 5.41) is 6.99. The molecule has 1 aromatic heterocycles. The number of hydrogen-bond acceptors (Lipinski definition) is 4. The lowest BCUT2D eigenvalue weighted by Gasteiger charge is -2.25. The van der Waals surface area contributed by atoms with E-state index in [1.807, 2.05) is 6.07 Å². The van der Waals surface area contributed by atoms with Crippen molar-refractivity contribution in [3.63, 3.8) is 0 Å². The molecule has 4 rings (SSSR count). The minimum atomic E-state index is -3.80. The Labute approximate surface area is 140 Å². The number of aromatic nitrogens is 2. The standard InChI is InChI=1S/C16H18N4O3S/c21-16-15-12(9-17-16)5-2-6-13(15)19-24(22,23)14-7-8-18-20(14)10-11-3-1-4-11/h2,5-8,11,19H,1,3-4,9-10H2,(H,17,21). The minimum Gasteiger partial charge on any atom is -0.348 e. The number of anilines is 1. The van der Waals surface area contributed by atoms with Crippen LogP contribution in [0.4, 0.5) is 5.69 Å². The number of carbonyl (C=O) groups excluding carboxylic acids is 1. The van der Waals surface area contributed by atoms with Crippen LogP contribution in [0.5, 0.6) is 0 Å². The van der Waals surface area contributed by atoms with Gasteiger partial charge in [0.05, 0.1) is 17.4 Å². The zero-order valence-electron chi connectivity index (χ0n) is 13.0. The second-order valence-electron chi connectivity index (χ2n) is 6.28. The second-order valence-corrected chi connectivity index (χ2v) is 7.91. The number of nitrogens with one attached hydrogen (secondary N) is 2. The van der Waals surface area contributed by atoms with Crippen molar-refractivity contribution in [1.29, 1.82) is 0 Å². The topological polar surface area (TPSA) is 93.1 Å². The van der Waals surface area contributed by atoms with E-state index in [9.17, 15) is 13.2 Å². The number of carbonyl (C=O) groups is 1. The molecule has 24 heavy (non-hydrogen) atoms. The molecule has 1 saturated carbocycles. The molecule has 1 aliphatic carbocycles. The van der Waals surface area contributed by atoms with Crippen molar-refractivity contribution < 1.29 is 13.2 Å². The summed E-state index contributed by atoms with van der Waals surface area (Å²) in [6.07, 6.45) is 4.91. The maximum absolute atomic E-state index is 12.8. The number of hydrogen-bond donors (Lipinski definition) is 2. The second kappa shape index (κ2) is 5.62. The maximum atomic E-state index is 12.8. The van der Waals surface area contributed by atoms with Crippen LogP contribution < -0.4 is 10.0 Å². The number of sulfonamides is 1. The van der Waals surface area contributed by atoms with Crippen LogP contribution >= 0.6 is 0 Å². The Morgan fingerprint density at radius 2 is 2.12 bits per heavy atom. The van der Waals surface area contributed by atoms with Gasteiger partial charge in [-0.1, -0.05) is 18.6 Å². The van der Waals surface area contributed by atoms with Crippen molar-refractivity contribution >= 4 is 21.6 Å². The van der Waals surface area contributed by atoms with Gasteiger partial charge in [0.1, 0.15) is 0 Å². The Balaban J connectivity index is 1.64. The summed E-state index contributed by atoms with van der Waals surface area (Å²) < 4.78 is 29.6. The van der Waals surface area contributed by atoms with Gasteiger partial charge in [0.2, 0.25) is 0 Å². The van der Waals surface area contributed by atoms with E-state index in [1.54, 1.807) is 12.1 Å². The highest BCUT2D eigenvalue weighted by atomic mass is 32.2. The van der Waals surface area contributed by atoms with E-state index < -0.39 is 10.0 Å². The molecule has 126 valence electrons. The Kier molecular flexibility index (Phi) is 3.56. The molecule has 1 aliphatic heterocycles. The average molecular weight is 346 g/mol. The Morgan fingerprint density at radius 3 is 2.88 bits per heavy atom. The lowest BCUT2D eigenvalue weighted by Crippen LogP contribution is -2.24. The third kappa shape index (κ3) is 2.56. The van der Waals surface area contributed by atoms with Gasteiger partial charge in [0.15, 0.2) is 5.03 Å². The highest BCUT2D eigenvalue weighted by molar-refractivity contribution is 7.92. The van der Waals surface area contributed by atoms with Crippen LogP contribution in [0.15, 0.2) is 35.5 Å². The SMILES string of the molecule is O=C1NCc2cccc(NS(=O)(=O)c3ccnn3CC3CCC3)c21. The first-order chi connectivity index (χ1) is 11.5. The molecule has 0 atom stereocenters. The van der Waals surface area contributed by atoms with Gasteiger partial charge in [-0.05, 0) is 36.5 Å². The van der Waals surface area contributed by atoms with E-state index >= 15 is 0 Å². The summed E-state index contributed by atoms with van der Waals surface area (Å²) in [5.74, 6) is 0.233. The fraction of sp³-hybridized carbons (Fsp3) is 0.375. The van der Waals surface area contributed by atoms with E-state index in [2.05, 4.69) is 15.1 Å². The van der Waals surface area contributed by atoms with Gasteiger partial charge in [-0.2, -0.15) is 13.5 Å². The monoisotopic (exact) mass is 346 g/mol. The third-order valence-corrected chi connectivity index (χ3v) is 6.06. The Bertz CT molecular complexity index is 900. The van der Waals surface area contributed by atoms with Crippen LogP contribution in [0.1, 0.15) is 35.2 Å². The zero-order chi connectivity index (χ0) is 16.7. The van der Waals surface area contributed by atoms with E-state index in [0.717, 1.165) is 18.4 Å². The molecule has 0 bridgehead atoms. The summed E-state index contributed by atoms with van der Waals surface area (Å²) in [5.41, 5.74) is 1.49. The number of fused-ring (bicyclic) bond motifs is 1. The maximum Gasteiger partial charge on any atom is 0.279 e. The fourth-order valence-corrected chi connectivity index (χ4v) is 4.37. The summed E-state index contributed by atoms with van der Waals surface area (Å²) in [4.78, 5) is 12.0. The lowest BCUT2D eigenvalue weighted by atomic mass is 9.85. The molecule has 0 unspecified atom stereocenters. The van der Waals surface area contributed by atoms with Crippen LogP contribution in [0, 0.1) is 5.92 Å². The molecule has 2 heterocycles. The van der Waals surface area contributed by atoms with Gasteiger partial charge in [0.25, 0.3) is 15.9 Å². The van der Waals surface area contributed by atoms with Gasteiger partial charge in [-0.15, -0.1) is 0 Å². The first-order valence-corrected chi connectivity index (χ1v) is 9.47. The van der Waals surface area contributed by atoms with Crippen LogP contribution in [-0.4, -0.2) is 24.1 Å². The smallest absolute Gasteiger partial charge is 0.279 e. The van der Waals surface area contributed by atoms with E-state index in [-0.39, 0.29) is 10.9 Å². The van der Waals surface area contributed by atoms with Crippen molar-refractivity contribution in [3.05, 3.63) is 41.6 Å². The predicted octanol–water partition coefficient (Wildman–Crippen LogP) is 1.73. The molecule has 2 aliphatic rings. The molecule has 1 aromatic carbocycles. The quantitative estimate of drug-likeness (QED) is 0.862. The molecule has 0 radical (unpaired) electrons. The van der Waals surface area contributed by atoms with Crippen molar-refractivity contribution in [2.24, 2.45) is 5.92 Å². The van der Waals surface area contributed by atoms with Crippen molar-refractivity contribution in [1.82, 2.24) is 15.1 Å². The van der Waals surface area contributed by atoms with Crippen LogP contribution in [0.25, 0.3) is 0 Å². The normalized spacial score (nSPS) is 17.2. The predicted molar refractivity (Wildman–Crippen MR) is 88.0 cm³/mol. The molecule has 1 fully saturated rings. The van der Waals surface area contributed by atoms with E-state index in [0.29, 0.717) is 30.3 Å². The number of rotatable bonds is 5. The number of nitrogens with zero attached hydrogens (tertiary/aromatic N) is 2. The first kappa shape index (κ1) is 15.2. The minimum absolute atomic E-state index is 0.130. The molecule has 8 heteroatoms. The molecule has 0 spiro atoms. The number of benzene rings is 1. The largest absolute Gasteiger partial charge is 0.348 e. The number of amides is 1. The van der Waals surface area contributed by atoms with E-state index in [1.165, 1.54) is 23.4 Å². The van der Waals surface area contributed by atoms with Gasteiger partial charge < -0.3 is 5.32 Å². The molecule has 2 aromatic rings. The lowest BCUT2D eigenvalue weighted by molar-refractivity contribution is 0.0966. The zero-order valence-corrected chi connectivity index (χ0v) is 13.8. The fourth-order valence-electron chi connectivity index (χ4n) is 3.17. The molecular formula is C16H18N4O3S. The van der Waals surface area contributed by atoms with Gasteiger partial charge in [-0.3, -0.25) is 14.2 Å². The van der Waals surface area contributed by atoms with Crippen molar-refractivity contribution in [3.8, 4) is 0 Å². The molecule has 0 saturated heterocycles. The average Bonchev–Trinajstić information content (AvgIpc) is 3.11. The van der Waals surface area contributed by atoms with Gasteiger partial charge >= 0.3 is 0 Å². The molecular weight excluding hydrogens is 328 g/mol. The highest BCUT2D eigenvalue weighted by Gasteiger charge is 2.28. The van der Waals surface area contributed by atoms with Gasteiger partial charge in [-0.25, -0.2) is 0 Å². The summed E-state index contributed by atoms with van der Waals surface area (Å²) >= 11 is 0. The highest BCUT2D eigenvalue weighted by Crippen LogP contribution is 2.30. The molecule has 7 nitrogen and oxygen atoms in total. The summed E-state index contributed by atoms with van der Waals surface area (Å²) in [7, 11) is -3.80. The Morgan fingerprint density at radius 1 is 1.29 bits per heavy atom. The van der Waals surface area contributed by atoms with Gasteiger partial charge in [0, 0.05) is 13.1 Å². The van der Waals surface area contributed by atoms with Crippen molar-refractivity contribution in [2.75, 3.05) is 4.72 Å². The van der Waals surface area contributed by atoms with Crippen LogP contribution in [0.3, 0.4) is 0 Å². The molecule has 2 N–H and O–H groups in total. The van der Waals surface area contributed by atoms with Crippen LogP contribution in [0.2, 0.25) is 0 Å². The molecule has 1 amide bonds.